The highest BCUT2D eigenvalue weighted by Crippen LogP contribution is 1.98. The fourth-order valence-electron chi connectivity index (χ4n) is 0.841. The maximum absolute atomic E-state index is 12.4. The van der Waals surface area contributed by atoms with Gasteiger partial charge in [-0.15, -0.1) is 6.42 Å². The van der Waals surface area contributed by atoms with E-state index in [4.69, 9.17) is 6.42 Å². The van der Waals surface area contributed by atoms with Crippen LogP contribution in [0.3, 0.4) is 0 Å². The second-order valence-corrected chi connectivity index (χ2v) is 2.76. The van der Waals surface area contributed by atoms with E-state index in [2.05, 4.69) is 16.2 Å². The summed E-state index contributed by atoms with van der Waals surface area (Å²) in [5.41, 5.74) is 0.920. The minimum atomic E-state index is -0.464. The van der Waals surface area contributed by atoms with Crippen LogP contribution in [0.25, 0.3) is 0 Å². The molecule has 1 atom stereocenters. The molecule has 3 heteroatoms. The van der Waals surface area contributed by atoms with Crippen molar-refractivity contribution in [1.29, 1.82) is 0 Å². The zero-order valence-corrected chi connectivity index (χ0v) is 7.42. The van der Waals surface area contributed by atoms with E-state index < -0.39 is 5.95 Å². The Morgan fingerprint density at radius 3 is 3.00 bits per heavy atom. The molecule has 0 bridgehead atoms. The van der Waals surface area contributed by atoms with Crippen molar-refractivity contribution in [3.05, 3.63) is 29.8 Å². The lowest BCUT2D eigenvalue weighted by atomic mass is 10.2. The van der Waals surface area contributed by atoms with Gasteiger partial charge in [0.2, 0.25) is 5.95 Å². The van der Waals surface area contributed by atoms with Gasteiger partial charge >= 0.3 is 0 Å². The van der Waals surface area contributed by atoms with E-state index in [0.717, 1.165) is 5.56 Å². The van der Waals surface area contributed by atoms with Crippen LogP contribution in [-0.4, -0.2) is 11.0 Å². The summed E-state index contributed by atoms with van der Waals surface area (Å²) in [7, 11) is 0. The normalized spacial score (nSPS) is 12.1. The van der Waals surface area contributed by atoms with Crippen molar-refractivity contribution < 1.29 is 4.39 Å². The average molecular weight is 178 g/mol. The Morgan fingerprint density at radius 1 is 1.69 bits per heavy atom. The van der Waals surface area contributed by atoms with Gasteiger partial charge in [-0.1, -0.05) is 12.0 Å². The molecule has 13 heavy (non-hydrogen) atoms. The third kappa shape index (κ3) is 3.22. The number of pyridine rings is 1. The molecule has 0 spiro atoms. The van der Waals surface area contributed by atoms with Gasteiger partial charge in [-0.05, 0) is 18.6 Å². The summed E-state index contributed by atoms with van der Waals surface area (Å²) in [5, 5.41) is 3.07. The molecular weight excluding hydrogens is 167 g/mol. The van der Waals surface area contributed by atoms with Crippen molar-refractivity contribution in [1.82, 2.24) is 10.3 Å². The van der Waals surface area contributed by atoms with Gasteiger partial charge in [0.1, 0.15) is 0 Å². The highest BCUT2D eigenvalue weighted by Gasteiger charge is 1.97. The summed E-state index contributed by atoms with van der Waals surface area (Å²) in [6, 6.07) is 3.03. The van der Waals surface area contributed by atoms with Gasteiger partial charge in [0.05, 0.1) is 6.04 Å². The molecule has 0 fully saturated rings. The molecule has 68 valence electrons. The van der Waals surface area contributed by atoms with Crippen LogP contribution >= 0.6 is 0 Å². The molecule has 0 saturated carbocycles. The van der Waals surface area contributed by atoms with E-state index in [1.54, 1.807) is 6.07 Å². The van der Waals surface area contributed by atoms with E-state index >= 15 is 0 Å². The number of rotatable bonds is 3. The monoisotopic (exact) mass is 178 g/mol. The predicted molar refractivity (Wildman–Crippen MR) is 49.3 cm³/mol. The molecule has 1 heterocycles. The number of nitrogens with one attached hydrogen (secondary N) is 1. The summed E-state index contributed by atoms with van der Waals surface area (Å²) in [6.45, 7) is 2.50. The van der Waals surface area contributed by atoms with Gasteiger partial charge in [-0.2, -0.15) is 4.39 Å². The third-order valence-corrected chi connectivity index (χ3v) is 1.65. The van der Waals surface area contributed by atoms with Crippen LogP contribution < -0.4 is 5.32 Å². The van der Waals surface area contributed by atoms with Gasteiger partial charge < -0.3 is 0 Å². The zero-order chi connectivity index (χ0) is 9.68. The van der Waals surface area contributed by atoms with Crippen molar-refractivity contribution in [2.24, 2.45) is 0 Å². The predicted octanol–water partition coefficient (Wildman–Crippen LogP) is 1.33. The Labute approximate surface area is 77.2 Å². The largest absolute Gasteiger partial charge is 0.300 e. The summed E-state index contributed by atoms with van der Waals surface area (Å²) < 4.78 is 12.4. The molecule has 1 N–H and O–H groups in total. The summed E-state index contributed by atoms with van der Waals surface area (Å²) >= 11 is 0. The fourth-order valence-corrected chi connectivity index (χ4v) is 0.841. The number of halogens is 1. The summed E-state index contributed by atoms with van der Waals surface area (Å²) in [5.74, 6) is 2.08. The van der Waals surface area contributed by atoms with Crippen LogP contribution in [0.1, 0.15) is 12.5 Å². The van der Waals surface area contributed by atoms with Crippen molar-refractivity contribution in [2.75, 3.05) is 0 Å². The SMILES string of the molecule is C#CC(C)NCc1ccc(F)nc1. The minimum absolute atomic E-state index is 0.0186. The topological polar surface area (TPSA) is 24.9 Å². The van der Waals surface area contributed by atoms with Crippen molar-refractivity contribution in [3.63, 3.8) is 0 Å². The molecule has 1 unspecified atom stereocenters. The van der Waals surface area contributed by atoms with Gasteiger partial charge in [0, 0.05) is 12.7 Å². The first kappa shape index (κ1) is 9.69. The Hall–Kier alpha value is -1.40. The Morgan fingerprint density at radius 2 is 2.46 bits per heavy atom. The lowest BCUT2D eigenvalue weighted by Gasteiger charge is -2.06. The lowest BCUT2D eigenvalue weighted by Crippen LogP contribution is -2.23. The number of aromatic nitrogens is 1. The molecule has 0 aromatic carbocycles. The van der Waals surface area contributed by atoms with E-state index in [0.29, 0.717) is 6.54 Å². The quantitative estimate of drug-likeness (QED) is 0.558. The van der Waals surface area contributed by atoms with Gasteiger partial charge in [0.25, 0.3) is 0 Å². The molecule has 0 aliphatic carbocycles. The van der Waals surface area contributed by atoms with E-state index in [1.807, 2.05) is 6.92 Å². The van der Waals surface area contributed by atoms with E-state index in [-0.39, 0.29) is 6.04 Å². The average Bonchev–Trinajstić information content (AvgIpc) is 2.16. The molecule has 0 amide bonds. The second kappa shape index (κ2) is 4.58. The van der Waals surface area contributed by atoms with Crippen molar-refractivity contribution in [2.45, 2.75) is 19.5 Å². The molecule has 1 aromatic heterocycles. The van der Waals surface area contributed by atoms with Crippen molar-refractivity contribution in [3.8, 4) is 12.3 Å². The Kier molecular flexibility index (Phi) is 3.41. The van der Waals surface area contributed by atoms with Gasteiger partial charge in [-0.25, -0.2) is 4.98 Å². The number of terminal acetylenes is 1. The maximum atomic E-state index is 12.4. The second-order valence-electron chi connectivity index (χ2n) is 2.76. The number of nitrogens with zero attached hydrogens (tertiary/aromatic N) is 1. The first-order chi connectivity index (χ1) is 6.22. The molecule has 0 saturated heterocycles. The van der Waals surface area contributed by atoms with Crippen LogP contribution in [0.15, 0.2) is 18.3 Å². The molecule has 0 aliphatic rings. The Bertz CT molecular complexity index is 300. The molecule has 1 rings (SSSR count). The van der Waals surface area contributed by atoms with Crippen LogP contribution in [0.5, 0.6) is 0 Å². The number of hydrogen-bond donors (Lipinski definition) is 1. The highest BCUT2D eigenvalue weighted by atomic mass is 19.1. The van der Waals surface area contributed by atoms with Crippen LogP contribution in [-0.2, 0) is 6.54 Å². The number of hydrogen-bond acceptors (Lipinski definition) is 2. The highest BCUT2D eigenvalue weighted by molar-refractivity contribution is 5.09. The van der Waals surface area contributed by atoms with Crippen LogP contribution in [0, 0.1) is 18.3 Å². The minimum Gasteiger partial charge on any atom is -0.300 e. The Balaban J connectivity index is 2.47. The van der Waals surface area contributed by atoms with Gasteiger partial charge in [0.15, 0.2) is 0 Å². The van der Waals surface area contributed by atoms with Crippen LogP contribution in [0.4, 0.5) is 4.39 Å². The van der Waals surface area contributed by atoms with E-state index in [9.17, 15) is 4.39 Å². The van der Waals surface area contributed by atoms with Crippen LogP contribution in [0.2, 0.25) is 0 Å². The summed E-state index contributed by atoms with van der Waals surface area (Å²) in [6.07, 6.45) is 6.66. The van der Waals surface area contributed by atoms with Crippen molar-refractivity contribution >= 4 is 0 Å². The first-order valence-electron chi connectivity index (χ1n) is 4.02. The standard InChI is InChI=1S/C10H11FN2/c1-3-8(2)12-6-9-4-5-10(11)13-7-9/h1,4-5,7-8,12H,6H2,2H3. The molecule has 0 aliphatic heterocycles. The fraction of sp³-hybridized carbons (Fsp3) is 0.300. The molecule has 1 aromatic rings. The third-order valence-electron chi connectivity index (χ3n) is 1.65. The maximum Gasteiger partial charge on any atom is 0.212 e. The molecular formula is C10H11FN2. The molecule has 2 nitrogen and oxygen atoms in total. The summed E-state index contributed by atoms with van der Waals surface area (Å²) in [4.78, 5) is 3.52. The zero-order valence-electron chi connectivity index (χ0n) is 7.42. The first-order valence-corrected chi connectivity index (χ1v) is 4.02. The molecule has 0 radical (unpaired) electrons. The lowest BCUT2D eigenvalue weighted by molar-refractivity contribution is 0.578. The van der Waals surface area contributed by atoms with Gasteiger partial charge in [-0.3, -0.25) is 5.32 Å². The van der Waals surface area contributed by atoms with E-state index in [1.165, 1.54) is 12.3 Å². The smallest absolute Gasteiger partial charge is 0.212 e.